The fraction of sp³-hybridized carbons (Fsp3) is 0.458. The Morgan fingerprint density at radius 1 is 1.38 bits per heavy atom. The number of benzene rings is 1. The average Bonchev–Trinajstić information content (AvgIpc) is 3.20. The second-order valence-electron chi connectivity index (χ2n) is 8.49. The smallest absolute Gasteiger partial charge is 0.279 e. The van der Waals surface area contributed by atoms with Crippen molar-refractivity contribution >= 4 is 33.7 Å². The summed E-state index contributed by atoms with van der Waals surface area (Å²) in [6.45, 7) is 4.69. The van der Waals surface area contributed by atoms with Crippen molar-refractivity contribution < 1.29 is 14.3 Å². The summed E-state index contributed by atoms with van der Waals surface area (Å²) in [6.07, 6.45) is 6.39. The van der Waals surface area contributed by atoms with Crippen LogP contribution < -0.4 is 20.5 Å². The quantitative estimate of drug-likeness (QED) is 0.284. The maximum atomic E-state index is 13.0. The molecule has 2 heterocycles. The molecule has 4 rings (SSSR count). The highest BCUT2D eigenvalue weighted by atomic mass is 32.1. The number of aromatic nitrogens is 3. The number of fused-ring (bicyclic) bond motifs is 3. The van der Waals surface area contributed by atoms with Crippen LogP contribution in [-0.2, 0) is 24.2 Å². The number of thiophene rings is 1. The van der Waals surface area contributed by atoms with Gasteiger partial charge >= 0.3 is 0 Å². The third kappa shape index (κ3) is 5.27. The maximum Gasteiger partial charge on any atom is 0.279 e. The van der Waals surface area contributed by atoms with Gasteiger partial charge in [0.25, 0.3) is 11.5 Å². The van der Waals surface area contributed by atoms with E-state index in [-0.39, 0.29) is 12.1 Å². The summed E-state index contributed by atoms with van der Waals surface area (Å²) in [5.41, 5.74) is 3.97. The number of aryl methyl sites for hydroxylation is 1. The van der Waals surface area contributed by atoms with Gasteiger partial charge in [0.15, 0.2) is 16.3 Å². The molecule has 1 atom stereocenters. The Bertz CT molecular complexity index is 1270. The monoisotopic (exact) mass is 483 g/mol. The molecule has 180 valence electrons. The fourth-order valence-corrected chi connectivity index (χ4v) is 5.27. The topological polar surface area (TPSA) is 108 Å². The van der Waals surface area contributed by atoms with Gasteiger partial charge in [0.1, 0.15) is 6.54 Å². The first-order valence-corrected chi connectivity index (χ1v) is 12.3. The van der Waals surface area contributed by atoms with E-state index >= 15 is 0 Å². The lowest BCUT2D eigenvalue weighted by atomic mass is 9.89. The number of unbranched alkanes of at least 4 members (excludes halogenated alkanes) is 1. The van der Waals surface area contributed by atoms with Gasteiger partial charge in [-0.15, -0.1) is 16.4 Å². The Labute approximate surface area is 201 Å². The molecule has 0 saturated heterocycles. The number of nitrogens with one attached hydrogen (secondary N) is 1. The lowest BCUT2D eigenvalue weighted by molar-refractivity contribution is -0.121. The normalized spacial score (nSPS) is 15.4. The van der Waals surface area contributed by atoms with E-state index in [0.717, 1.165) is 47.9 Å². The van der Waals surface area contributed by atoms with Gasteiger partial charge < -0.3 is 9.47 Å². The molecule has 0 spiro atoms. The Kier molecular flexibility index (Phi) is 7.56. The maximum absolute atomic E-state index is 13.0. The van der Waals surface area contributed by atoms with E-state index < -0.39 is 5.91 Å². The van der Waals surface area contributed by atoms with E-state index in [1.54, 1.807) is 13.2 Å². The van der Waals surface area contributed by atoms with Crippen LogP contribution in [0.3, 0.4) is 0 Å². The van der Waals surface area contributed by atoms with Crippen molar-refractivity contribution in [1.82, 2.24) is 20.4 Å². The standard InChI is InChI=1S/C24H29N5O4S/c1-4-5-10-33-18-9-7-16(12-19(18)32-3)13-25-26-21(30)14-29-24(31)22-17-8-6-15(2)11-20(17)34-23(22)27-28-29/h7,9,12-13,15H,4-6,8,10-11,14H2,1-3H3,(H,26,30). The molecule has 10 heteroatoms. The first kappa shape index (κ1) is 23.9. The predicted molar refractivity (Wildman–Crippen MR) is 132 cm³/mol. The van der Waals surface area contributed by atoms with Crippen LogP contribution in [0, 0.1) is 5.92 Å². The molecule has 0 saturated carbocycles. The predicted octanol–water partition coefficient (Wildman–Crippen LogP) is 3.32. The molecule has 0 bridgehead atoms. The Morgan fingerprint density at radius 3 is 3.03 bits per heavy atom. The Morgan fingerprint density at radius 2 is 2.24 bits per heavy atom. The Balaban J connectivity index is 1.41. The number of nitrogens with zero attached hydrogens (tertiary/aromatic N) is 4. The highest BCUT2D eigenvalue weighted by Gasteiger charge is 2.24. The summed E-state index contributed by atoms with van der Waals surface area (Å²) in [7, 11) is 1.57. The summed E-state index contributed by atoms with van der Waals surface area (Å²) in [5.74, 6) is 1.39. The molecule has 0 aliphatic heterocycles. The van der Waals surface area contributed by atoms with E-state index in [9.17, 15) is 9.59 Å². The summed E-state index contributed by atoms with van der Waals surface area (Å²) >= 11 is 1.54. The SMILES string of the molecule is CCCCOc1ccc(C=NNC(=O)Cn2nnc3sc4c(c3c2=O)CCC(C)C4)cc1OC. The molecule has 1 aliphatic rings. The van der Waals surface area contributed by atoms with Crippen LogP contribution >= 0.6 is 11.3 Å². The lowest BCUT2D eigenvalue weighted by Gasteiger charge is -2.17. The zero-order chi connectivity index (χ0) is 24.1. The second kappa shape index (κ2) is 10.8. The van der Waals surface area contributed by atoms with E-state index in [0.29, 0.717) is 34.2 Å². The number of rotatable bonds is 9. The van der Waals surface area contributed by atoms with Crippen molar-refractivity contribution in [2.24, 2.45) is 11.0 Å². The van der Waals surface area contributed by atoms with Crippen LogP contribution in [-0.4, -0.2) is 40.8 Å². The molecule has 9 nitrogen and oxygen atoms in total. The molecule has 1 amide bonds. The highest BCUT2D eigenvalue weighted by Crippen LogP contribution is 2.35. The van der Waals surface area contributed by atoms with Gasteiger partial charge in [-0.25, -0.2) is 10.1 Å². The molecule has 0 fully saturated rings. The van der Waals surface area contributed by atoms with Crippen molar-refractivity contribution in [1.29, 1.82) is 0 Å². The number of methoxy groups -OCH3 is 1. The minimum atomic E-state index is -0.462. The van der Waals surface area contributed by atoms with E-state index in [1.165, 1.54) is 22.4 Å². The largest absolute Gasteiger partial charge is 0.493 e. The van der Waals surface area contributed by atoms with E-state index in [2.05, 4.69) is 34.7 Å². The molecule has 1 N–H and O–H groups in total. The first-order chi connectivity index (χ1) is 16.5. The number of carbonyl (C=O) groups excluding carboxylic acids is 1. The molecular formula is C24H29N5O4S. The number of amides is 1. The fourth-order valence-electron chi connectivity index (χ4n) is 3.96. The molecule has 0 radical (unpaired) electrons. The van der Waals surface area contributed by atoms with Crippen LogP contribution in [0.5, 0.6) is 11.5 Å². The number of hydrogen-bond donors (Lipinski definition) is 1. The average molecular weight is 484 g/mol. The van der Waals surface area contributed by atoms with Crippen molar-refractivity contribution in [3.63, 3.8) is 0 Å². The van der Waals surface area contributed by atoms with Crippen molar-refractivity contribution in [3.8, 4) is 11.5 Å². The van der Waals surface area contributed by atoms with Gasteiger partial charge in [0, 0.05) is 4.88 Å². The van der Waals surface area contributed by atoms with Crippen LogP contribution in [0.1, 0.15) is 49.1 Å². The second-order valence-corrected chi connectivity index (χ2v) is 9.57. The molecule has 34 heavy (non-hydrogen) atoms. The van der Waals surface area contributed by atoms with Crippen LogP contribution in [0.15, 0.2) is 28.1 Å². The summed E-state index contributed by atoms with van der Waals surface area (Å²) in [6, 6.07) is 5.41. The number of hydrogen-bond acceptors (Lipinski definition) is 8. The molecule has 2 aromatic heterocycles. The third-order valence-corrected chi connectivity index (χ3v) is 6.96. The molecule has 1 aromatic carbocycles. The van der Waals surface area contributed by atoms with Gasteiger partial charge in [0.2, 0.25) is 0 Å². The molecular weight excluding hydrogens is 454 g/mol. The Hall–Kier alpha value is -3.27. The van der Waals surface area contributed by atoms with Gasteiger partial charge in [0.05, 0.1) is 25.3 Å². The van der Waals surface area contributed by atoms with Crippen LogP contribution in [0.2, 0.25) is 0 Å². The van der Waals surface area contributed by atoms with Crippen LogP contribution in [0.25, 0.3) is 10.2 Å². The molecule has 1 aliphatic carbocycles. The zero-order valence-electron chi connectivity index (χ0n) is 19.7. The summed E-state index contributed by atoms with van der Waals surface area (Å²) < 4.78 is 12.2. The van der Waals surface area contributed by atoms with Gasteiger partial charge in [-0.2, -0.15) is 5.10 Å². The third-order valence-electron chi connectivity index (χ3n) is 5.82. The molecule has 3 aromatic rings. The summed E-state index contributed by atoms with van der Waals surface area (Å²) in [5, 5.41) is 12.8. The van der Waals surface area contributed by atoms with Crippen molar-refractivity contribution in [2.75, 3.05) is 13.7 Å². The lowest BCUT2D eigenvalue weighted by Crippen LogP contribution is -2.32. The van der Waals surface area contributed by atoms with Crippen molar-refractivity contribution in [2.45, 2.75) is 52.5 Å². The van der Waals surface area contributed by atoms with E-state index in [1.807, 2.05) is 12.1 Å². The first-order valence-electron chi connectivity index (χ1n) is 11.5. The van der Waals surface area contributed by atoms with Gasteiger partial charge in [-0.1, -0.05) is 25.5 Å². The highest BCUT2D eigenvalue weighted by molar-refractivity contribution is 7.18. The number of carbonyl (C=O) groups is 1. The molecule has 1 unspecified atom stereocenters. The number of hydrazone groups is 1. The van der Waals surface area contributed by atoms with Crippen molar-refractivity contribution in [3.05, 3.63) is 44.6 Å². The van der Waals surface area contributed by atoms with Gasteiger partial charge in [-0.05, 0) is 60.9 Å². The van der Waals surface area contributed by atoms with Crippen LogP contribution in [0.4, 0.5) is 0 Å². The zero-order valence-corrected chi connectivity index (χ0v) is 20.5. The minimum Gasteiger partial charge on any atom is -0.493 e. The summed E-state index contributed by atoms with van der Waals surface area (Å²) in [4.78, 5) is 27.2. The van der Waals surface area contributed by atoms with Gasteiger partial charge in [-0.3, -0.25) is 9.59 Å². The minimum absolute atomic E-state index is 0.256. The number of ether oxygens (including phenoxy) is 2. The van der Waals surface area contributed by atoms with E-state index in [4.69, 9.17) is 9.47 Å².